The van der Waals surface area contributed by atoms with E-state index in [0.29, 0.717) is 23.2 Å². The van der Waals surface area contributed by atoms with E-state index in [4.69, 9.17) is 11.6 Å². The summed E-state index contributed by atoms with van der Waals surface area (Å²) in [5, 5.41) is 5.00. The highest BCUT2D eigenvalue weighted by molar-refractivity contribution is 6.31. The monoisotopic (exact) mass is 527 g/mol. The number of rotatable bonds is 6. The molecule has 5 rings (SSSR count). The Hall–Kier alpha value is -2.64. The first-order valence-electron chi connectivity index (χ1n) is 13.3. The van der Waals surface area contributed by atoms with E-state index in [-0.39, 0.29) is 11.7 Å². The Balaban J connectivity index is 1.37. The number of hydrogen-bond donors (Lipinski definition) is 0. The molecule has 198 valence electrons. The number of anilines is 2. The molecule has 2 fully saturated rings. The van der Waals surface area contributed by atoms with E-state index in [9.17, 15) is 8.78 Å². The fourth-order valence-electron chi connectivity index (χ4n) is 5.75. The van der Waals surface area contributed by atoms with E-state index >= 15 is 0 Å². The zero-order chi connectivity index (χ0) is 26.1. The summed E-state index contributed by atoms with van der Waals surface area (Å²) in [5.41, 5.74) is 5.09. The molecule has 2 aliphatic heterocycles. The van der Waals surface area contributed by atoms with Crippen molar-refractivity contribution in [1.29, 1.82) is 0 Å². The molecule has 0 aliphatic carbocycles. The number of piperidine rings is 1. The van der Waals surface area contributed by atoms with Gasteiger partial charge in [-0.3, -0.25) is 9.58 Å². The van der Waals surface area contributed by atoms with E-state index in [1.165, 1.54) is 5.69 Å². The maximum absolute atomic E-state index is 13.8. The van der Waals surface area contributed by atoms with Crippen LogP contribution < -0.4 is 9.80 Å². The Morgan fingerprint density at radius 2 is 1.68 bits per heavy atom. The zero-order valence-corrected chi connectivity index (χ0v) is 22.6. The van der Waals surface area contributed by atoms with Crippen LogP contribution in [0.2, 0.25) is 5.02 Å². The van der Waals surface area contributed by atoms with E-state index in [1.54, 1.807) is 17.8 Å². The number of nitrogens with zero attached hydrogens (tertiary/aromatic N) is 5. The summed E-state index contributed by atoms with van der Waals surface area (Å²) in [6.07, 6.45) is 0.743. The molecule has 8 heteroatoms. The average Bonchev–Trinajstić information content (AvgIpc) is 3.30. The van der Waals surface area contributed by atoms with Crippen molar-refractivity contribution in [3.05, 3.63) is 64.9 Å². The molecule has 3 heterocycles. The first-order valence-corrected chi connectivity index (χ1v) is 13.7. The fourth-order valence-corrected chi connectivity index (χ4v) is 5.92. The summed E-state index contributed by atoms with van der Waals surface area (Å²) in [4.78, 5) is 7.25. The van der Waals surface area contributed by atoms with Crippen LogP contribution in [-0.2, 0) is 0 Å². The number of piperazine rings is 1. The normalized spacial score (nSPS) is 19.3. The zero-order valence-electron chi connectivity index (χ0n) is 21.9. The van der Waals surface area contributed by atoms with E-state index < -0.39 is 6.43 Å². The molecule has 1 aromatic heterocycles. The number of alkyl halides is 2. The summed E-state index contributed by atoms with van der Waals surface area (Å²) in [5.74, 6) is 0. The first-order chi connectivity index (χ1) is 17.8. The molecule has 2 aliphatic rings. The Morgan fingerprint density at radius 1 is 0.946 bits per heavy atom. The van der Waals surface area contributed by atoms with Gasteiger partial charge >= 0.3 is 0 Å². The third-order valence-electron chi connectivity index (χ3n) is 7.86. The van der Waals surface area contributed by atoms with Crippen LogP contribution in [0.4, 0.5) is 20.2 Å². The molecule has 0 radical (unpaired) electrons. The molecular weight excluding hydrogens is 492 g/mol. The maximum Gasteiger partial charge on any atom is 0.280 e. The third-order valence-corrected chi connectivity index (χ3v) is 8.10. The van der Waals surface area contributed by atoms with E-state index in [1.807, 2.05) is 12.1 Å². The topological polar surface area (TPSA) is 27.5 Å². The van der Waals surface area contributed by atoms with Crippen molar-refractivity contribution in [2.24, 2.45) is 0 Å². The maximum atomic E-state index is 13.8. The van der Waals surface area contributed by atoms with Crippen LogP contribution in [0.25, 0.3) is 11.1 Å². The van der Waals surface area contributed by atoms with Crippen LogP contribution in [0.15, 0.2) is 48.7 Å². The fraction of sp³-hybridized carbons (Fsp3) is 0.483. The predicted molar refractivity (Wildman–Crippen MR) is 148 cm³/mol. The van der Waals surface area contributed by atoms with Crippen LogP contribution in [0.3, 0.4) is 0 Å². The Labute approximate surface area is 223 Å². The Kier molecular flexibility index (Phi) is 7.72. The summed E-state index contributed by atoms with van der Waals surface area (Å²) in [6.45, 7) is 11.9. The highest BCUT2D eigenvalue weighted by atomic mass is 35.5. The minimum absolute atomic E-state index is 0.0305. The van der Waals surface area contributed by atoms with Gasteiger partial charge in [0.1, 0.15) is 5.69 Å². The molecule has 2 saturated heterocycles. The van der Waals surface area contributed by atoms with Crippen LogP contribution in [0.1, 0.15) is 50.4 Å². The van der Waals surface area contributed by atoms with Gasteiger partial charge in [-0.2, -0.15) is 5.10 Å². The lowest BCUT2D eigenvalue weighted by molar-refractivity contribution is 0.133. The lowest BCUT2D eigenvalue weighted by Gasteiger charge is -2.38. The van der Waals surface area contributed by atoms with Gasteiger partial charge in [0.2, 0.25) is 0 Å². The number of aromatic nitrogens is 2. The van der Waals surface area contributed by atoms with Gasteiger partial charge < -0.3 is 9.80 Å². The summed E-state index contributed by atoms with van der Waals surface area (Å²) in [6, 6.07) is 15.3. The van der Waals surface area contributed by atoms with Crippen molar-refractivity contribution in [2.45, 2.75) is 52.1 Å². The lowest BCUT2D eigenvalue weighted by Crippen LogP contribution is -2.48. The van der Waals surface area contributed by atoms with Gasteiger partial charge in [0.15, 0.2) is 0 Å². The van der Waals surface area contributed by atoms with Crippen molar-refractivity contribution in [3.8, 4) is 11.1 Å². The quantitative estimate of drug-likeness (QED) is 0.351. The van der Waals surface area contributed by atoms with Crippen LogP contribution in [0, 0.1) is 6.92 Å². The Bertz CT molecular complexity index is 1200. The van der Waals surface area contributed by atoms with Gasteiger partial charge in [-0.15, -0.1) is 0 Å². The summed E-state index contributed by atoms with van der Waals surface area (Å²) < 4.78 is 29.1. The van der Waals surface area contributed by atoms with Crippen molar-refractivity contribution >= 4 is 23.0 Å². The standard InChI is InChI=1S/C29H36ClF2N5/c1-20(2)34-13-15-35(16-14-34)24-9-6-22(7-10-24)26-11-8-23(30)17-27(26)36-12-4-5-25(19-36)37-28(29(31)32)21(3)18-33-37/h6-11,17-18,20,25,29H,4-5,12-16,19H2,1-3H3. The molecule has 5 nitrogen and oxygen atoms in total. The molecule has 0 N–H and O–H groups in total. The van der Waals surface area contributed by atoms with Crippen molar-refractivity contribution in [1.82, 2.24) is 14.7 Å². The smallest absolute Gasteiger partial charge is 0.280 e. The highest BCUT2D eigenvalue weighted by Crippen LogP contribution is 2.38. The van der Waals surface area contributed by atoms with E-state index in [0.717, 1.165) is 62.4 Å². The molecule has 0 spiro atoms. The SMILES string of the molecule is Cc1cnn(C2CCCN(c3cc(Cl)ccc3-c3ccc(N4CCN(C(C)C)CC4)cc3)C2)c1C(F)F. The van der Waals surface area contributed by atoms with Gasteiger partial charge in [-0.1, -0.05) is 29.8 Å². The Morgan fingerprint density at radius 3 is 2.35 bits per heavy atom. The average molecular weight is 528 g/mol. The van der Waals surface area contributed by atoms with Gasteiger partial charge in [0, 0.05) is 67.3 Å². The summed E-state index contributed by atoms with van der Waals surface area (Å²) >= 11 is 6.45. The second-order valence-electron chi connectivity index (χ2n) is 10.5. The second kappa shape index (κ2) is 11.0. The van der Waals surface area contributed by atoms with Gasteiger partial charge in [0.25, 0.3) is 6.43 Å². The molecule has 1 unspecified atom stereocenters. The minimum atomic E-state index is -2.54. The molecule has 0 amide bonds. The number of hydrogen-bond acceptors (Lipinski definition) is 4. The molecule has 1 atom stereocenters. The van der Waals surface area contributed by atoms with E-state index in [2.05, 4.69) is 64.0 Å². The van der Waals surface area contributed by atoms with Crippen molar-refractivity contribution < 1.29 is 8.78 Å². The summed E-state index contributed by atoms with van der Waals surface area (Å²) in [7, 11) is 0. The molecule has 3 aromatic rings. The van der Waals surface area contributed by atoms with Gasteiger partial charge in [0.05, 0.1) is 12.2 Å². The van der Waals surface area contributed by atoms with Crippen molar-refractivity contribution in [3.63, 3.8) is 0 Å². The third kappa shape index (κ3) is 5.48. The van der Waals surface area contributed by atoms with Crippen LogP contribution in [0.5, 0.6) is 0 Å². The minimum Gasteiger partial charge on any atom is -0.369 e. The van der Waals surface area contributed by atoms with Gasteiger partial charge in [-0.05, 0) is 69.0 Å². The van der Waals surface area contributed by atoms with Crippen LogP contribution >= 0.6 is 11.6 Å². The number of benzene rings is 2. The number of aryl methyl sites for hydroxylation is 1. The largest absolute Gasteiger partial charge is 0.369 e. The van der Waals surface area contributed by atoms with Crippen molar-refractivity contribution in [2.75, 3.05) is 49.1 Å². The number of halogens is 3. The molecule has 37 heavy (non-hydrogen) atoms. The first kappa shape index (κ1) is 26.0. The molecule has 0 bridgehead atoms. The second-order valence-corrected chi connectivity index (χ2v) is 11.0. The van der Waals surface area contributed by atoms with Gasteiger partial charge in [-0.25, -0.2) is 8.78 Å². The molecule has 0 saturated carbocycles. The lowest BCUT2D eigenvalue weighted by atomic mass is 9.99. The predicted octanol–water partition coefficient (Wildman–Crippen LogP) is 6.82. The van der Waals surface area contributed by atoms with Crippen LogP contribution in [-0.4, -0.2) is 60.0 Å². The molecular formula is C29H36ClF2N5. The highest BCUT2D eigenvalue weighted by Gasteiger charge is 2.29. The molecule has 2 aromatic carbocycles.